The van der Waals surface area contributed by atoms with Crippen LogP contribution in [-0.2, 0) is 11.2 Å². The molecule has 2 rings (SSSR count). The molecule has 108 valence electrons. The van der Waals surface area contributed by atoms with Gasteiger partial charge in [0, 0.05) is 17.7 Å². The number of hydrogen-bond acceptors (Lipinski definition) is 2. The van der Waals surface area contributed by atoms with Crippen molar-refractivity contribution in [2.75, 3.05) is 5.32 Å². The fourth-order valence-corrected chi connectivity index (χ4v) is 1.99. The van der Waals surface area contributed by atoms with E-state index in [0.717, 1.165) is 0 Å². The van der Waals surface area contributed by atoms with Crippen molar-refractivity contribution in [1.29, 1.82) is 0 Å². The Hall–Kier alpha value is -2.49. The van der Waals surface area contributed by atoms with Gasteiger partial charge in [0.1, 0.15) is 5.82 Å². The Kier molecular flexibility index (Phi) is 4.82. The molecule has 21 heavy (non-hydrogen) atoms. The Labute approximate surface area is 122 Å². The summed E-state index contributed by atoms with van der Waals surface area (Å²) in [6.45, 7) is 1.47. The number of carbonyl (C=O) groups excluding carboxylic acids is 2. The molecule has 0 aliphatic carbocycles. The predicted molar refractivity (Wildman–Crippen MR) is 79.8 cm³/mol. The lowest BCUT2D eigenvalue weighted by atomic mass is 10.1. The second-order valence-electron chi connectivity index (χ2n) is 4.78. The molecule has 0 aliphatic heterocycles. The van der Waals surface area contributed by atoms with Crippen LogP contribution >= 0.6 is 0 Å². The number of hydrogen-bond donors (Lipinski definition) is 1. The largest absolute Gasteiger partial charge is 0.326 e. The van der Waals surface area contributed by atoms with Crippen LogP contribution in [0.25, 0.3) is 0 Å². The molecule has 0 radical (unpaired) electrons. The summed E-state index contributed by atoms with van der Waals surface area (Å²) < 4.78 is 13.4. The maximum atomic E-state index is 13.4. The molecular formula is C17H16FNO2. The lowest BCUT2D eigenvalue weighted by Gasteiger charge is -2.07. The second-order valence-corrected chi connectivity index (χ2v) is 4.78. The molecule has 0 aromatic heterocycles. The second kappa shape index (κ2) is 6.79. The van der Waals surface area contributed by atoms with Gasteiger partial charge in [-0.05, 0) is 37.1 Å². The number of benzene rings is 2. The standard InChI is InChI=1S/C17H16FNO2/c1-12(20)14-6-4-7-15(11-14)19-17(21)10-9-13-5-2-3-8-16(13)18/h2-8,11H,9-10H2,1H3,(H,19,21). The average Bonchev–Trinajstić information content (AvgIpc) is 2.46. The van der Waals surface area contributed by atoms with Gasteiger partial charge in [0.25, 0.3) is 0 Å². The van der Waals surface area contributed by atoms with Crippen LogP contribution in [0.15, 0.2) is 48.5 Å². The zero-order chi connectivity index (χ0) is 15.2. The van der Waals surface area contributed by atoms with Crippen molar-refractivity contribution in [2.45, 2.75) is 19.8 Å². The van der Waals surface area contributed by atoms with E-state index < -0.39 is 0 Å². The molecule has 0 heterocycles. The Morgan fingerprint density at radius 3 is 2.57 bits per heavy atom. The van der Waals surface area contributed by atoms with E-state index in [-0.39, 0.29) is 23.9 Å². The third-order valence-electron chi connectivity index (χ3n) is 3.13. The minimum atomic E-state index is -0.302. The topological polar surface area (TPSA) is 46.2 Å². The van der Waals surface area contributed by atoms with E-state index >= 15 is 0 Å². The highest BCUT2D eigenvalue weighted by Crippen LogP contribution is 2.13. The quantitative estimate of drug-likeness (QED) is 0.853. The number of amides is 1. The van der Waals surface area contributed by atoms with Gasteiger partial charge in [0.2, 0.25) is 5.91 Å². The normalized spacial score (nSPS) is 10.2. The summed E-state index contributed by atoms with van der Waals surface area (Å²) in [5.74, 6) is -0.569. The first-order valence-corrected chi connectivity index (χ1v) is 6.70. The van der Waals surface area contributed by atoms with Crippen LogP contribution in [0.3, 0.4) is 0 Å². The first kappa shape index (κ1) is 14.9. The number of nitrogens with one attached hydrogen (secondary N) is 1. The number of carbonyl (C=O) groups is 2. The van der Waals surface area contributed by atoms with Crippen molar-refractivity contribution in [3.05, 3.63) is 65.5 Å². The fourth-order valence-electron chi connectivity index (χ4n) is 1.99. The molecule has 2 aromatic carbocycles. The summed E-state index contributed by atoms with van der Waals surface area (Å²) in [5, 5.41) is 2.71. The third kappa shape index (κ3) is 4.24. The minimum Gasteiger partial charge on any atom is -0.326 e. The van der Waals surface area contributed by atoms with Crippen molar-refractivity contribution in [2.24, 2.45) is 0 Å². The number of rotatable bonds is 5. The Morgan fingerprint density at radius 1 is 1.10 bits per heavy atom. The molecule has 0 atom stereocenters. The summed E-state index contributed by atoms with van der Waals surface area (Å²) in [7, 11) is 0. The molecule has 2 aromatic rings. The predicted octanol–water partition coefficient (Wildman–Crippen LogP) is 3.60. The molecule has 0 unspecified atom stereocenters. The van der Waals surface area contributed by atoms with Gasteiger partial charge >= 0.3 is 0 Å². The van der Waals surface area contributed by atoms with E-state index in [0.29, 0.717) is 23.2 Å². The van der Waals surface area contributed by atoms with Gasteiger partial charge in [-0.2, -0.15) is 0 Å². The number of Topliss-reactive ketones (excluding diaryl/α,β-unsaturated/α-hetero) is 1. The third-order valence-corrected chi connectivity index (χ3v) is 3.13. The molecule has 3 nitrogen and oxygen atoms in total. The molecule has 0 aliphatic rings. The number of anilines is 1. The lowest BCUT2D eigenvalue weighted by Crippen LogP contribution is -2.13. The van der Waals surface area contributed by atoms with Crippen LogP contribution in [0, 0.1) is 5.82 Å². The average molecular weight is 285 g/mol. The van der Waals surface area contributed by atoms with Crippen LogP contribution in [-0.4, -0.2) is 11.7 Å². The maximum absolute atomic E-state index is 13.4. The Bertz CT molecular complexity index is 667. The summed E-state index contributed by atoms with van der Waals surface area (Å²) in [5.41, 5.74) is 1.63. The fraction of sp³-hybridized carbons (Fsp3) is 0.176. The maximum Gasteiger partial charge on any atom is 0.224 e. The van der Waals surface area contributed by atoms with Gasteiger partial charge in [0.15, 0.2) is 5.78 Å². The van der Waals surface area contributed by atoms with Crippen molar-refractivity contribution in [1.82, 2.24) is 0 Å². The van der Waals surface area contributed by atoms with Gasteiger partial charge in [-0.3, -0.25) is 9.59 Å². The van der Waals surface area contributed by atoms with Gasteiger partial charge in [-0.1, -0.05) is 30.3 Å². The van der Waals surface area contributed by atoms with Crippen LogP contribution in [0.5, 0.6) is 0 Å². The number of halogens is 1. The van der Waals surface area contributed by atoms with Crippen LogP contribution in [0.1, 0.15) is 29.3 Å². The highest BCUT2D eigenvalue weighted by atomic mass is 19.1. The highest BCUT2D eigenvalue weighted by Gasteiger charge is 2.07. The smallest absolute Gasteiger partial charge is 0.224 e. The van der Waals surface area contributed by atoms with Gasteiger partial charge in [-0.25, -0.2) is 4.39 Å². The highest BCUT2D eigenvalue weighted by molar-refractivity contribution is 5.97. The van der Waals surface area contributed by atoms with Crippen molar-refractivity contribution >= 4 is 17.4 Å². The van der Waals surface area contributed by atoms with E-state index in [2.05, 4.69) is 5.32 Å². The summed E-state index contributed by atoms with van der Waals surface area (Å²) >= 11 is 0. The molecule has 0 bridgehead atoms. The minimum absolute atomic E-state index is 0.0579. The molecule has 1 amide bonds. The molecule has 0 saturated carbocycles. The van der Waals surface area contributed by atoms with Crippen LogP contribution < -0.4 is 5.32 Å². The monoisotopic (exact) mass is 285 g/mol. The molecular weight excluding hydrogens is 269 g/mol. The van der Waals surface area contributed by atoms with E-state index in [1.165, 1.54) is 13.0 Å². The lowest BCUT2D eigenvalue weighted by molar-refractivity contribution is -0.116. The van der Waals surface area contributed by atoms with Gasteiger partial charge in [0.05, 0.1) is 0 Å². The first-order valence-electron chi connectivity index (χ1n) is 6.70. The van der Waals surface area contributed by atoms with E-state index in [1.54, 1.807) is 42.5 Å². The first-order chi connectivity index (χ1) is 10.1. The van der Waals surface area contributed by atoms with Gasteiger partial charge in [-0.15, -0.1) is 0 Å². The van der Waals surface area contributed by atoms with Crippen LogP contribution in [0.2, 0.25) is 0 Å². The Morgan fingerprint density at radius 2 is 1.86 bits per heavy atom. The van der Waals surface area contributed by atoms with E-state index in [1.807, 2.05) is 0 Å². The Balaban J connectivity index is 1.95. The van der Waals surface area contributed by atoms with E-state index in [9.17, 15) is 14.0 Å². The van der Waals surface area contributed by atoms with E-state index in [4.69, 9.17) is 0 Å². The van der Waals surface area contributed by atoms with Crippen LogP contribution in [0.4, 0.5) is 10.1 Å². The number of aryl methyl sites for hydroxylation is 1. The molecule has 4 heteroatoms. The van der Waals surface area contributed by atoms with Crippen molar-refractivity contribution in [3.8, 4) is 0 Å². The summed E-state index contributed by atoms with van der Waals surface area (Å²) in [6.07, 6.45) is 0.524. The molecule has 0 fully saturated rings. The zero-order valence-electron chi connectivity index (χ0n) is 11.7. The zero-order valence-corrected chi connectivity index (χ0v) is 11.7. The van der Waals surface area contributed by atoms with Crippen molar-refractivity contribution < 1.29 is 14.0 Å². The molecule has 1 N–H and O–H groups in total. The molecule has 0 spiro atoms. The summed E-state index contributed by atoms with van der Waals surface area (Å²) in [4.78, 5) is 23.1. The SMILES string of the molecule is CC(=O)c1cccc(NC(=O)CCc2ccccc2F)c1. The summed E-state index contributed by atoms with van der Waals surface area (Å²) in [6, 6.07) is 13.2. The van der Waals surface area contributed by atoms with Crippen molar-refractivity contribution in [3.63, 3.8) is 0 Å². The van der Waals surface area contributed by atoms with Gasteiger partial charge < -0.3 is 5.32 Å². The number of ketones is 1. The molecule has 0 saturated heterocycles.